The maximum Gasteiger partial charge on any atom is 0.133 e. The molecule has 5 aromatic rings. The van der Waals surface area contributed by atoms with Crippen molar-refractivity contribution in [2.75, 3.05) is 13.3 Å². The normalized spacial score (nSPS) is 12.5. The molecule has 6 rings (SSSR count). The fourth-order valence-electron chi connectivity index (χ4n) is 4.84. The van der Waals surface area contributed by atoms with Crippen molar-refractivity contribution in [3.8, 4) is 11.5 Å². The van der Waals surface area contributed by atoms with E-state index in [2.05, 4.69) is 145 Å². The first-order valence-corrected chi connectivity index (χ1v) is 16.5. The van der Waals surface area contributed by atoms with E-state index in [9.17, 15) is 0 Å². The van der Waals surface area contributed by atoms with E-state index in [1.54, 1.807) is 0 Å². The summed E-state index contributed by atoms with van der Waals surface area (Å²) in [5, 5.41) is 4.37. The second kappa shape index (κ2) is 12.6. The Morgan fingerprint density at radius 1 is 0.684 bits per heavy atom. The molecule has 0 N–H and O–H groups in total. The molecular weight excluding hydrogens is 598 g/mol. The second-order valence-corrected chi connectivity index (χ2v) is 14.6. The zero-order chi connectivity index (χ0) is 26.2. The number of hydrogen-bond donors (Lipinski definition) is 0. The Hall–Kier alpha value is -3.14. The molecule has 0 radical (unpaired) electrons. The molecule has 2 nitrogen and oxygen atoms in total. The van der Waals surface area contributed by atoms with Gasteiger partial charge >= 0.3 is 121 Å². The molecule has 0 aromatic heterocycles. The zero-order valence-electron chi connectivity index (χ0n) is 21.5. The van der Waals surface area contributed by atoms with E-state index in [1.165, 1.54) is 27.0 Å². The van der Waals surface area contributed by atoms with Gasteiger partial charge in [0.15, 0.2) is 0 Å². The second-order valence-electron chi connectivity index (χ2n) is 9.49. The minimum absolute atomic E-state index is 0.608. The van der Waals surface area contributed by atoms with Gasteiger partial charge in [0.25, 0.3) is 0 Å². The van der Waals surface area contributed by atoms with Gasteiger partial charge in [0, 0.05) is 12.0 Å². The smallest absolute Gasteiger partial charge is 0.133 e. The van der Waals surface area contributed by atoms with Crippen LogP contribution >= 0.6 is 29.9 Å². The maximum atomic E-state index is 5.89. The van der Waals surface area contributed by atoms with Gasteiger partial charge in [-0.1, -0.05) is 30.3 Å². The van der Waals surface area contributed by atoms with Crippen LogP contribution in [0.3, 0.4) is 0 Å². The molecule has 0 unspecified atom stereocenters. The van der Waals surface area contributed by atoms with Gasteiger partial charge in [-0.2, -0.15) is 0 Å². The van der Waals surface area contributed by atoms with Crippen molar-refractivity contribution in [3.63, 3.8) is 0 Å². The minimum Gasteiger partial charge on any atom is -0.493 e. The van der Waals surface area contributed by atoms with Crippen molar-refractivity contribution >= 4 is 45.8 Å². The summed E-state index contributed by atoms with van der Waals surface area (Å²) < 4.78 is 12.5. The Bertz CT molecular complexity index is 1350. The Kier molecular flexibility index (Phi) is 8.78. The molecule has 0 spiro atoms. The average Bonchev–Trinajstić information content (AvgIpc) is 3.45. The number of fused-ring (bicyclic) bond motifs is 1. The topological polar surface area (TPSA) is 18.5 Å². The van der Waals surface area contributed by atoms with Crippen LogP contribution in [0.15, 0.2) is 133 Å². The molecular formula is C34H32IO2P. The molecule has 38 heavy (non-hydrogen) atoms. The van der Waals surface area contributed by atoms with E-state index in [1.807, 2.05) is 18.2 Å². The number of benzene rings is 5. The summed E-state index contributed by atoms with van der Waals surface area (Å²) in [5.41, 5.74) is 2.43. The summed E-state index contributed by atoms with van der Waals surface area (Å²) in [4.78, 5) is 0. The van der Waals surface area contributed by atoms with Gasteiger partial charge in [-0.25, -0.2) is 0 Å². The van der Waals surface area contributed by atoms with Crippen LogP contribution in [0.2, 0.25) is 0 Å². The van der Waals surface area contributed by atoms with Crippen LogP contribution in [0.4, 0.5) is 0 Å². The third kappa shape index (κ3) is 6.11. The Morgan fingerprint density at radius 2 is 1.16 bits per heavy atom. The molecule has 0 saturated carbocycles. The first kappa shape index (κ1) is 26.5. The van der Waals surface area contributed by atoms with Gasteiger partial charge < -0.3 is 9.47 Å². The van der Waals surface area contributed by atoms with Crippen LogP contribution in [0.25, 0.3) is 0 Å². The van der Waals surface area contributed by atoms with Gasteiger partial charge in [0.1, 0.15) is 18.1 Å². The Labute approximate surface area is 240 Å². The van der Waals surface area contributed by atoms with Crippen molar-refractivity contribution in [1.29, 1.82) is 0 Å². The number of halogens is 1. The standard InChI is InChI=1S/C19H19P.C15H13IO2/c1-20(17-11-5-2-6-12-17,18-13-7-3-8-14-18)19-15-9-4-10-16-19;16-13-9-14-12(6-7-17-14)8-15(13)18-10-11-4-2-1-3-5-11/h2-16,20H,1H3;1-5,8-9H,6-7,10H2. The SMILES string of the molecule is C[PH](c1ccccc1)(c1ccccc1)c1ccccc1.Ic1cc2c(cc1OCc1ccccc1)CCO2. The summed E-state index contributed by atoms with van der Waals surface area (Å²) in [5.74, 6) is 1.95. The van der Waals surface area contributed by atoms with Crippen LogP contribution in [0.5, 0.6) is 11.5 Å². The van der Waals surface area contributed by atoms with E-state index in [4.69, 9.17) is 9.47 Å². The van der Waals surface area contributed by atoms with Gasteiger partial charge in [0.05, 0.1) is 10.2 Å². The first-order valence-electron chi connectivity index (χ1n) is 12.9. The molecule has 1 heterocycles. The van der Waals surface area contributed by atoms with Crippen LogP contribution in [-0.4, -0.2) is 13.3 Å². The average molecular weight is 631 g/mol. The fourth-order valence-corrected chi connectivity index (χ4v) is 9.01. The Balaban J connectivity index is 0.000000156. The minimum atomic E-state index is -1.88. The van der Waals surface area contributed by atoms with Crippen molar-refractivity contribution in [2.45, 2.75) is 13.0 Å². The maximum absolute atomic E-state index is 5.89. The van der Waals surface area contributed by atoms with E-state index in [0.29, 0.717) is 6.61 Å². The van der Waals surface area contributed by atoms with Crippen molar-refractivity contribution in [3.05, 3.63) is 148 Å². The third-order valence-corrected chi connectivity index (χ3v) is 12.3. The molecule has 0 atom stereocenters. The number of rotatable bonds is 6. The van der Waals surface area contributed by atoms with Gasteiger partial charge in [-0.3, -0.25) is 0 Å². The summed E-state index contributed by atoms with van der Waals surface area (Å²) >= 11 is 2.29. The molecule has 0 fully saturated rings. The number of ether oxygens (including phenoxy) is 2. The van der Waals surface area contributed by atoms with Gasteiger partial charge in [0.2, 0.25) is 0 Å². The summed E-state index contributed by atoms with van der Waals surface area (Å²) in [6, 6.07) is 47.1. The molecule has 1 aliphatic rings. The summed E-state index contributed by atoms with van der Waals surface area (Å²) in [7, 11) is -1.88. The number of hydrogen-bond acceptors (Lipinski definition) is 2. The molecule has 0 saturated heterocycles. The summed E-state index contributed by atoms with van der Waals surface area (Å²) in [6.45, 7) is 3.83. The van der Waals surface area contributed by atoms with E-state index < -0.39 is 7.26 Å². The van der Waals surface area contributed by atoms with E-state index in [0.717, 1.165) is 28.1 Å². The molecule has 0 bridgehead atoms. The van der Waals surface area contributed by atoms with Gasteiger partial charge in [-0.15, -0.1) is 0 Å². The summed E-state index contributed by atoms with van der Waals surface area (Å²) in [6.07, 6.45) is 0.980. The van der Waals surface area contributed by atoms with E-state index >= 15 is 0 Å². The van der Waals surface area contributed by atoms with Crippen molar-refractivity contribution in [2.24, 2.45) is 0 Å². The molecule has 0 aliphatic carbocycles. The Morgan fingerprint density at radius 3 is 1.66 bits per heavy atom. The largest absolute Gasteiger partial charge is 0.493 e. The molecule has 5 aromatic carbocycles. The van der Waals surface area contributed by atoms with Crippen LogP contribution in [-0.2, 0) is 13.0 Å². The quantitative estimate of drug-likeness (QED) is 0.147. The van der Waals surface area contributed by atoms with E-state index in [-0.39, 0.29) is 0 Å². The van der Waals surface area contributed by atoms with Crippen LogP contribution < -0.4 is 25.4 Å². The predicted octanol–water partition coefficient (Wildman–Crippen LogP) is 7.15. The van der Waals surface area contributed by atoms with Crippen molar-refractivity contribution < 1.29 is 9.47 Å². The monoisotopic (exact) mass is 630 g/mol. The van der Waals surface area contributed by atoms with Crippen molar-refractivity contribution in [1.82, 2.24) is 0 Å². The molecule has 4 heteroatoms. The molecule has 192 valence electrons. The predicted molar refractivity (Wildman–Crippen MR) is 172 cm³/mol. The molecule has 1 aliphatic heterocycles. The van der Waals surface area contributed by atoms with Crippen LogP contribution in [0.1, 0.15) is 11.1 Å². The molecule has 0 amide bonds. The van der Waals surface area contributed by atoms with Crippen LogP contribution in [0, 0.1) is 3.57 Å². The zero-order valence-corrected chi connectivity index (χ0v) is 24.7. The van der Waals surface area contributed by atoms with Gasteiger partial charge in [-0.05, 0) is 40.3 Å². The third-order valence-electron chi connectivity index (χ3n) is 7.03. The first-order chi connectivity index (χ1) is 18.6. The fraction of sp³-hybridized carbons (Fsp3) is 0.118.